The number of nitrogens with zero attached hydrogens (tertiary/aromatic N) is 6. The fourth-order valence-corrected chi connectivity index (χ4v) is 3.73. The number of aromatic nitrogens is 5. The van der Waals surface area contributed by atoms with E-state index in [1.165, 1.54) is 12.1 Å². The van der Waals surface area contributed by atoms with E-state index in [1.807, 2.05) is 74.5 Å². The Labute approximate surface area is 263 Å². The minimum Gasteiger partial charge on any atom is -0.314 e. The van der Waals surface area contributed by atoms with Crippen LogP contribution in [0.3, 0.4) is 0 Å². The van der Waals surface area contributed by atoms with Gasteiger partial charge in [-0.3, -0.25) is 20.1 Å². The van der Waals surface area contributed by atoms with Gasteiger partial charge in [-0.15, -0.1) is 5.10 Å². The average Bonchev–Trinajstić information content (AvgIpc) is 3.48. The van der Waals surface area contributed by atoms with Gasteiger partial charge < -0.3 is 16.0 Å². The van der Waals surface area contributed by atoms with Gasteiger partial charge in [0.2, 0.25) is 0 Å². The molecular formula is C31H39FeN9O2+2. The largest absolute Gasteiger partial charge is 2.00 e. The molecule has 5 aromatic rings. The van der Waals surface area contributed by atoms with Crippen molar-refractivity contribution in [1.29, 1.82) is 0 Å². The predicted octanol–water partition coefficient (Wildman–Crippen LogP) is 3.93. The van der Waals surface area contributed by atoms with Crippen molar-refractivity contribution in [2.45, 2.75) is 20.4 Å². The zero-order valence-corrected chi connectivity index (χ0v) is 25.6. The van der Waals surface area contributed by atoms with E-state index in [0.717, 1.165) is 67.3 Å². The Morgan fingerprint density at radius 3 is 1.63 bits per heavy atom. The Morgan fingerprint density at radius 2 is 1.21 bits per heavy atom. The van der Waals surface area contributed by atoms with Crippen LogP contribution in [0.1, 0.15) is 17.0 Å². The monoisotopic (exact) mass is 625 g/mol. The van der Waals surface area contributed by atoms with Crippen molar-refractivity contribution in [2.75, 3.05) is 39.3 Å². The third kappa shape index (κ3) is 14.1. The Balaban J connectivity index is 0.000000224. The summed E-state index contributed by atoms with van der Waals surface area (Å²) in [6.07, 6.45) is 3.57. The predicted molar refractivity (Wildman–Crippen MR) is 166 cm³/mol. The molecule has 3 N–H and O–H groups in total. The third-order valence-corrected chi connectivity index (χ3v) is 5.96. The van der Waals surface area contributed by atoms with Gasteiger partial charge >= 0.3 is 17.1 Å². The second kappa shape index (κ2) is 20.8. The van der Waals surface area contributed by atoms with Crippen molar-refractivity contribution in [3.63, 3.8) is 0 Å². The van der Waals surface area contributed by atoms with E-state index in [9.17, 15) is 10.1 Å². The summed E-state index contributed by atoms with van der Waals surface area (Å²) in [7, 11) is 0. The molecule has 2 aromatic carbocycles. The number of non-ortho nitro benzene ring substituents is 1. The van der Waals surface area contributed by atoms with Gasteiger partial charge in [-0.1, -0.05) is 41.6 Å². The Bertz CT molecular complexity index is 1370. The minimum atomic E-state index is -0.408. The Hall–Kier alpha value is -4.06. The number of benzene rings is 2. The maximum absolute atomic E-state index is 10.6. The summed E-state index contributed by atoms with van der Waals surface area (Å²) in [6.45, 7) is 11.1. The van der Waals surface area contributed by atoms with E-state index >= 15 is 0 Å². The zero-order chi connectivity index (χ0) is 29.8. The van der Waals surface area contributed by atoms with Crippen molar-refractivity contribution in [2.24, 2.45) is 0 Å². The molecule has 0 spiro atoms. The van der Waals surface area contributed by atoms with E-state index < -0.39 is 4.92 Å². The molecule has 1 fully saturated rings. The molecule has 1 aliphatic heterocycles. The molecule has 226 valence electrons. The number of nitro benzene ring substituents is 1. The number of para-hydroxylation sites is 1. The molecular weight excluding hydrogens is 586 g/mol. The summed E-state index contributed by atoms with van der Waals surface area (Å²) >= 11 is 0. The van der Waals surface area contributed by atoms with Gasteiger partial charge in [0.15, 0.2) is 0 Å². The molecule has 0 radical (unpaired) electrons. The van der Waals surface area contributed by atoms with Gasteiger partial charge in [0.25, 0.3) is 5.69 Å². The van der Waals surface area contributed by atoms with E-state index in [4.69, 9.17) is 0 Å². The molecule has 0 aliphatic carbocycles. The molecule has 1 saturated heterocycles. The fourth-order valence-electron chi connectivity index (χ4n) is 3.73. The summed E-state index contributed by atoms with van der Waals surface area (Å²) in [5.41, 5.74) is 4.96. The van der Waals surface area contributed by atoms with Crippen molar-refractivity contribution in [3.8, 4) is 0 Å². The Morgan fingerprint density at radius 1 is 0.721 bits per heavy atom. The Kier molecular flexibility index (Phi) is 17.0. The standard InChI is InChI=1S/C13H10N4O2.C6H15N3.2C6H7N.Fe/c18-17(19)11-7-5-10(6-8-11)9-16-13-4-2-1-3-12(13)14-15-16;1-2-8-5-6-9-4-3-7-1;2*1-6-4-2-3-5-7-6;/h1-8H,9H2;7-9H,1-6H2;2*2-5H,1H3;/q;;;;+2. The van der Waals surface area contributed by atoms with Crippen molar-refractivity contribution in [3.05, 3.63) is 124 Å². The molecule has 0 atom stereocenters. The first-order valence-corrected chi connectivity index (χ1v) is 13.9. The van der Waals surface area contributed by atoms with E-state index in [0.29, 0.717) is 6.54 Å². The number of rotatable bonds is 3. The van der Waals surface area contributed by atoms with Crippen LogP contribution >= 0.6 is 0 Å². The second-order valence-corrected chi connectivity index (χ2v) is 9.35. The molecule has 6 rings (SSSR count). The summed E-state index contributed by atoms with van der Waals surface area (Å²) < 4.78 is 1.77. The van der Waals surface area contributed by atoms with Crippen LogP contribution in [-0.4, -0.2) is 69.2 Å². The smallest absolute Gasteiger partial charge is 0.314 e. The molecule has 0 bridgehead atoms. The quantitative estimate of drug-likeness (QED) is 0.155. The summed E-state index contributed by atoms with van der Waals surface area (Å²) in [5.74, 6) is 0. The first-order chi connectivity index (χ1) is 20.5. The molecule has 43 heavy (non-hydrogen) atoms. The van der Waals surface area contributed by atoms with Gasteiger partial charge in [0.05, 0.1) is 17.0 Å². The minimum absolute atomic E-state index is 0. The first kappa shape index (κ1) is 35.1. The average molecular weight is 626 g/mol. The van der Waals surface area contributed by atoms with Crippen LogP contribution in [0.4, 0.5) is 5.69 Å². The summed E-state index contributed by atoms with van der Waals surface area (Å²) in [6, 6.07) is 25.8. The molecule has 1 aliphatic rings. The SMILES string of the molecule is C1CNCCNCCN1.Cc1ccccn1.Cc1ccccn1.O=[N+]([O-])c1ccc(Cn2nnc3ccccc32)cc1.[Fe+2]. The maximum Gasteiger partial charge on any atom is 2.00 e. The molecule has 4 heterocycles. The molecule has 0 saturated carbocycles. The van der Waals surface area contributed by atoms with Crippen LogP contribution in [0.5, 0.6) is 0 Å². The number of hydrogen-bond acceptors (Lipinski definition) is 9. The van der Waals surface area contributed by atoms with Crippen LogP contribution < -0.4 is 16.0 Å². The number of fused-ring (bicyclic) bond motifs is 1. The van der Waals surface area contributed by atoms with Crippen LogP contribution in [-0.2, 0) is 23.6 Å². The molecule has 12 heteroatoms. The number of pyridine rings is 2. The van der Waals surface area contributed by atoms with Crippen LogP contribution in [0.25, 0.3) is 11.0 Å². The normalized spacial score (nSPS) is 12.6. The summed E-state index contributed by atoms with van der Waals surface area (Å²) in [4.78, 5) is 18.1. The van der Waals surface area contributed by atoms with Crippen LogP contribution in [0.15, 0.2) is 97.3 Å². The molecule has 0 unspecified atom stereocenters. The summed E-state index contributed by atoms with van der Waals surface area (Å²) in [5, 5.41) is 28.6. The zero-order valence-electron chi connectivity index (χ0n) is 24.5. The topological polar surface area (TPSA) is 136 Å². The molecule has 11 nitrogen and oxygen atoms in total. The number of nitro groups is 1. The van der Waals surface area contributed by atoms with Gasteiger partial charge in [0.1, 0.15) is 5.52 Å². The van der Waals surface area contributed by atoms with Crippen molar-refractivity contribution in [1.82, 2.24) is 40.9 Å². The van der Waals surface area contributed by atoms with E-state index in [2.05, 4.69) is 36.2 Å². The van der Waals surface area contributed by atoms with Gasteiger partial charge in [-0.2, -0.15) is 0 Å². The van der Waals surface area contributed by atoms with Gasteiger partial charge in [-0.05, 0) is 55.8 Å². The third-order valence-electron chi connectivity index (χ3n) is 5.96. The van der Waals surface area contributed by atoms with Crippen LogP contribution in [0.2, 0.25) is 0 Å². The fraction of sp³-hybridized carbons (Fsp3) is 0.290. The second-order valence-electron chi connectivity index (χ2n) is 9.35. The molecule has 3 aromatic heterocycles. The van der Waals surface area contributed by atoms with Crippen molar-refractivity contribution >= 4 is 16.7 Å². The van der Waals surface area contributed by atoms with E-state index in [-0.39, 0.29) is 22.8 Å². The van der Waals surface area contributed by atoms with Gasteiger partial charge in [-0.25, -0.2) is 4.68 Å². The van der Waals surface area contributed by atoms with Crippen molar-refractivity contribution < 1.29 is 22.0 Å². The first-order valence-electron chi connectivity index (χ1n) is 13.9. The van der Waals surface area contributed by atoms with Crippen LogP contribution in [0, 0.1) is 24.0 Å². The number of aryl methyl sites for hydroxylation is 2. The number of nitrogens with one attached hydrogen (secondary N) is 3. The van der Waals surface area contributed by atoms with Gasteiger partial charge in [0, 0.05) is 75.2 Å². The van der Waals surface area contributed by atoms with E-state index in [1.54, 1.807) is 29.2 Å². The maximum atomic E-state index is 10.6. The molecule has 0 amide bonds. The number of hydrogen-bond donors (Lipinski definition) is 3.